The quantitative estimate of drug-likeness (QED) is 0.209. The van der Waals surface area contributed by atoms with Crippen LogP contribution in [0, 0.1) is 0 Å². The molecular formula is C22H39IN6O. The number of halogens is 1. The maximum absolute atomic E-state index is 11.7. The standard InChI is InChI=1S/C22H38N6O.HI/c1-4-23-22(25-18-21(29)26(2)3)24-12-8-9-13-27-14-16-28(17-15-27)19-20-10-6-5-7-11-20;/h5-7,10-11H,4,8-9,12-19H2,1-3H3,(H2,23,24,25);1H. The van der Waals surface area contributed by atoms with Crippen LogP contribution in [-0.4, -0.2) is 93.0 Å². The predicted octanol–water partition coefficient (Wildman–Crippen LogP) is 1.85. The lowest BCUT2D eigenvalue weighted by Gasteiger charge is -2.34. The van der Waals surface area contributed by atoms with Crippen LogP contribution in [0.1, 0.15) is 25.3 Å². The zero-order chi connectivity index (χ0) is 20.9. The molecule has 0 spiro atoms. The van der Waals surface area contributed by atoms with E-state index in [-0.39, 0.29) is 36.4 Å². The highest BCUT2D eigenvalue weighted by Crippen LogP contribution is 2.08. The molecule has 1 aromatic carbocycles. The maximum Gasteiger partial charge on any atom is 0.243 e. The first-order valence-electron chi connectivity index (χ1n) is 10.8. The molecule has 1 fully saturated rings. The number of nitrogens with one attached hydrogen (secondary N) is 2. The largest absolute Gasteiger partial charge is 0.357 e. The minimum Gasteiger partial charge on any atom is -0.357 e. The number of guanidine groups is 1. The van der Waals surface area contributed by atoms with Gasteiger partial charge in [-0.25, -0.2) is 4.99 Å². The topological polar surface area (TPSA) is 63.2 Å². The Hall–Kier alpha value is -1.39. The van der Waals surface area contributed by atoms with Crippen LogP contribution >= 0.6 is 24.0 Å². The summed E-state index contributed by atoms with van der Waals surface area (Å²) in [6, 6.07) is 10.7. The average molecular weight is 530 g/mol. The van der Waals surface area contributed by atoms with E-state index < -0.39 is 0 Å². The van der Waals surface area contributed by atoms with E-state index in [0.29, 0.717) is 0 Å². The van der Waals surface area contributed by atoms with Crippen LogP contribution in [0.25, 0.3) is 0 Å². The van der Waals surface area contributed by atoms with Gasteiger partial charge < -0.3 is 20.4 Å². The lowest BCUT2D eigenvalue weighted by molar-refractivity contribution is -0.127. The molecule has 1 aromatic rings. The van der Waals surface area contributed by atoms with E-state index in [1.165, 1.54) is 12.0 Å². The van der Waals surface area contributed by atoms with Gasteiger partial charge in [0.1, 0.15) is 6.54 Å². The van der Waals surface area contributed by atoms with Crippen LogP contribution in [0.3, 0.4) is 0 Å². The second-order valence-corrected chi connectivity index (χ2v) is 7.72. The molecule has 0 bridgehead atoms. The molecule has 0 saturated carbocycles. The fraction of sp³-hybridized carbons (Fsp3) is 0.636. The van der Waals surface area contributed by atoms with Crippen LogP contribution in [0.5, 0.6) is 0 Å². The number of piperazine rings is 1. The van der Waals surface area contributed by atoms with Gasteiger partial charge in [-0.3, -0.25) is 9.69 Å². The van der Waals surface area contributed by atoms with Gasteiger partial charge in [-0.15, -0.1) is 24.0 Å². The molecule has 1 aliphatic rings. The van der Waals surface area contributed by atoms with Crippen molar-refractivity contribution in [3.05, 3.63) is 35.9 Å². The molecule has 2 N–H and O–H groups in total. The van der Waals surface area contributed by atoms with E-state index in [4.69, 9.17) is 0 Å². The van der Waals surface area contributed by atoms with Crippen molar-refractivity contribution in [3.8, 4) is 0 Å². The first-order valence-corrected chi connectivity index (χ1v) is 10.8. The number of unbranched alkanes of at least 4 members (excludes halogenated alkanes) is 1. The zero-order valence-electron chi connectivity index (χ0n) is 18.8. The van der Waals surface area contributed by atoms with Gasteiger partial charge in [0.05, 0.1) is 0 Å². The molecule has 0 unspecified atom stereocenters. The molecule has 170 valence electrons. The monoisotopic (exact) mass is 530 g/mol. The molecule has 0 aromatic heterocycles. The second kappa shape index (κ2) is 15.4. The Morgan fingerprint density at radius 3 is 2.33 bits per heavy atom. The van der Waals surface area contributed by atoms with E-state index in [9.17, 15) is 4.79 Å². The third-order valence-corrected chi connectivity index (χ3v) is 5.12. The molecule has 8 heteroatoms. The van der Waals surface area contributed by atoms with Crippen LogP contribution in [0.4, 0.5) is 0 Å². The third-order valence-electron chi connectivity index (χ3n) is 5.12. The maximum atomic E-state index is 11.7. The summed E-state index contributed by atoms with van der Waals surface area (Å²) >= 11 is 0. The number of carbonyl (C=O) groups excluding carboxylic acids is 1. The number of hydrogen-bond acceptors (Lipinski definition) is 4. The van der Waals surface area contributed by atoms with E-state index in [1.807, 2.05) is 6.92 Å². The number of aliphatic imine (C=N–C) groups is 1. The minimum absolute atomic E-state index is 0. The van der Waals surface area contributed by atoms with Gasteiger partial charge in [0.2, 0.25) is 5.91 Å². The molecule has 1 saturated heterocycles. The summed E-state index contributed by atoms with van der Waals surface area (Å²) in [5.41, 5.74) is 1.40. The van der Waals surface area contributed by atoms with E-state index in [1.54, 1.807) is 19.0 Å². The summed E-state index contributed by atoms with van der Waals surface area (Å²) in [5.74, 6) is 0.728. The molecule has 1 aliphatic heterocycles. The fourth-order valence-electron chi connectivity index (χ4n) is 3.31. The van der Waals surface area contributed by atoms with Crippen molar-refractivity contribution >= 4 is 35.8 Å². The van der Waals surface area contributed by atoms with Gasteiger partial charge in [-0.2, -0.15) is 0 Å². The van der Waals surface area contributed by atoms with Crippen LogP contribution in [0.2, 0.25) is 0 Å². The van der Waals surface area contributed by atoms with Gasteiger partial charge in [-0.1, -0.05) is 30.3 Å². The van der Waals surface area contributed by atoms with Gasteiger partial charge in [0, 0.05) is 59.9 Å². The van der Waals surface area contributed by atoms with Crippen LogP contribution in [-0.2, 0) is 11.3 Å². The summed E-state index contributed by atoms with van der Waals surface area (Å²) in [5, 5.41) is 6.52. The van der Waals surface area contributed by atoms with E-state index >= 15 is 0 Å². The molecule has 0 radical (unpaired) electrons. The molecule has 0 aliphatic carbocycles. The first kappa shape index (κ1) is 26.6. The van der Waals surface area contributed by atoms with Crippen molar-refractivity contribution in [3.63, 3.8) is 0 Å². The molecule has 1 amide bonds. The highest BCUT2D eigenvalue weighted by molar-refractivity contribution is 14.0. The Kier molecular flexibility index (Phi) is 13.7. The molecule has 2 rings (SSSR count). The number of amides is 1. The summed E-state index contributed by atoms with van der Waals surface area (Å²) in [6.07, 6.45) is 2.26. The Balaban J connectivity index is 0.00000450. The number of rotatable bonds is 10. The van der Waals surface area contributed by atoms with Gasteiger partial charge in [0.25, 0.3) is 0 Å². The lowest BCUT2D eigenvalue weighted by Crippen LogP contribution is -2.46. The third kappa shape index (κ3) is 10.6. The summed E-state index contributed by atoms with van der Waals surface area (Å²) in [6.45, 7) is 10.7. The smallest absolute Gasteiger partial charge is 0.243 e. The lowest BCUT2D eigenvalue weighted by atomic mass is 10.2. The molecular weight excluding hydrogens is 491 g/mol. The highest BCUT2D eigenvalue weighted by Gasteiger charge is 2.16. The zero-order valence-corrected chi connectivity index (χ0v) is 21.1. The van der Waals surface area contributed by atoms with Gasteiger partial charge in [-0.05, 0) is 31.9 Å². The summed E-state index contributed by atoms with van der Waals surface area (Å²) in [7, 11) is 3.50. The fourth-order valence-corrected chi connectivity index (χ4v) is 3.31. The van der Waals surface area contributed by atoms with Crippen molar-refractivity contribution in [2.75, 3.05) is 66.5 Å². The number of nitrogens with zero attached hydrogens (tertiary/aromatic N) is 4. The molecule has 0 atom stereocenters. The van der Waals surface area contributed by atoms with Crippen molar-refractivity contribution in [1.29, 1.82) is 0 Å². The van der Waals surface area contributed by atoms with Crippen LogP contribution in [0.15, 0.2) is 35.3 Å². The number of likely N-dealkylation sites (N-methyl/N-ethyl adjacent to an activating group) is 1. The Morgan fingerprint density at radius 1 is 1.03 bits per heavy atom. The average Bonchev–Trinajstić information content (AvgIpc) is 2.73. The van der Waals surface area contributed by atoms with Gasteiger partial charge in [0.15, 0.2) is 5.96 Å². The van der Waals surface area contributed by atoms with Crippen molar-refractivity contribution < 1.29 is 4.79 Å². The van der Waals surface area contributed by atoms with Crippen molar-refractivity contribution in [2.45, 2.75) is 26.3 Å². The van der Waals surface area contributed by atoms with Crippen molar-refractivity contribution in [2.24, 2.45) is 4.99 Å². The Morgan fingerprint density at radius 2 is 1.70 bits per heavy atom. The Labute approximate surface area is 199 Å². The summed E-state index contributed by atoms with van der Waals surface area (Å²) in [4.78, 5) is 22.7. The first-order chi connectivity index (χ1) is 14.1. The summed E-state index contributed by atoms with van der Waals surface area (Å²) < 4.78 is 0. The van der Waals surface area contributed by atoms with Crippen molar-refractivity contribution in [1.82, 2.24) is 25.3 Å². The number of hydrogen-bond donors (Lipinski definition) is 2. The molecule has 7 nitrogen and oxygen atoms in total. The van der Waals surface area contributed by atoms with Gasteiger partial charge >= 0.3 is 0 Å². The predicted molar refractivity (Wildman–Crippen MR) is 135 cm³/mol. The number of carbonyl (C=O) groups is 1. The molecule has 30 heavy (non-hydrogen) atoms. The van der Waals surface area contributed by atoms with E-state index in [0.717, 1.165) is 64.7 Å². The molecule has 1 heterocycles. The normalized spacial score (nSPS) is 15.4. The van der Waals surface area contributed by atoms with E-state index in [2.05, 4.69) is 55.8 Å². The number of benzene rings is 1. The minimum atomic E-state index is 0. The SMILES string of the molecule is CCNC(=NCC(=O)N(C)C)NCCCCN1CCN(Cc2ccccc2)CC1.I. The van der Waals surface area contributed by atoms with Crippen LogP contribution < -0.4 is 10.6 Å². The second-order valence-electron chi connectivity index (χ2n) is 7.72. The highest BCUT2D eigenvalue weighted by atomic mass is 127. The Bertz CT molecular complexity index is 617.